The Balaban J connectivity index is 2.06. The third-order valence-corrected chi connectivity index (χ3v) is 5.15. The maximum atomic E-state index is 6.11. The molecule has 0 heterocycles. The number of benzene rings is 1. The summed E-state index contributed by atoms with van der Waals surface area (Å²) in [5.74, 6) is 1.35. The molecular weight excluding hydrogens is 244 g/mol. The summed E-state index contributed by atoms with van der Waals surface area (Å²) in [7, 11) is 2.28. The molecule has 112 valence electrons. The van der Waals surface area contributed by atoms with Crippen LogP contribution in [0.3, 0.4) is 0 Å². The highest BCUT2D eigenvalue weighted by molar-refractivity contribution is 5.20. The molecule has 20 heavy (non-hydrogen) atoms. The van der Waals surface area contributed by atoms with Gasteiger partial charge >= 0.3 is 0 Å². The molecule has 1 aliphatic rings. The van der Waals surface area contributed by atoms with E-state index in [2.05, 4.69) is 56.1 Å². The summed E-state index contributed by atoms with van der Waals surface area (Å²) in [6.45, 7) is 5.44. The van der Waals surface area contributed by atoms with E-state index in [0.717, 1.165) is 12.5 Å². The van der Waals surface area contributed by atoms with Crippen molar-refractivity contribution < 1.29 is 0 Å². The normalized spacial score (nSPS) is 26.4. The number of nitrogens with zero attached hydrogens (tertiary/aromatic N) is 1. The van der Waals surface area contributed by atoms with E-state index in [0.29, 0.717) is 18.0 Å². The lowest BCUT2D eigenvalue weighted by Gasteiger charge is -2.41. The van der Waals surface area contributed by atoms with Gasteiger partial charge in [-0.05, 0) is 37.3 Å². The highest BCUT2D eigenvalue weighted by atomic mass is 15.2. The molecule has 0 aliphatic heterocycles. The Labute approximate surface area is 124 Å². The predicted octanol–water partition coefficient (Wildman–Crippen LogP) is 3.63. The lowest BCUT2D eigenvalue weighted by Crippen LogP contribution is -2.48. The summed E-state index contributed by atoms with van der Waals surface area (Å²) in [5, 5.41) is 0. The van der Waals surface area contributed by atoms with Crippen LogP contribution in [0.1, 0.15) is 51.0 Å². The lowest BCUT2D eigenvalue weighted by molar-refractivity contribution is 0.109. The molecule has 2 nitrogen and oxygen atoms in total. The van der Waals surface area contributed by atoms with Crippen LogP contribution in [-0.2, 0) is 0 Å². The van der Waals surface area contributed by atoms with Crippen molar-refractivity contribution in [3.63, 3.8) is 0 Å². The largest absolute Gasteiger partial charge is 0.329 e. The molecule has 0 spiro atoms. The van der Waals surface area contributed by atoms with Crippen molar-refractivity contribution in [2.45, 2.75) is 57.5 Å². The van der Waals surface area contributed by atoms with E-state index in [1.165, 1.54) is 31.2 Å². The Hall–Kier alpha value is -0.860. The molecule has 2 heteroatoms. The van der Waals surface area contributed by atoms with Gasteiger partial charge in [0, 0.05) is 18.6 Å². The van der Waals surface area contributed by atoms with Gasteiger partial charge in [0.05, 0.1) is 0 Å². The predicted molar refractivity (Wildman–Crippen MR) is 86.9 cm³/mol. The van der Waals surface area contributed by atoms with Crippen molar-refractivity contribution in [2.24, 2.45) is 11.7 Å². The Morgan fingerprint density at radius 2 is 1.95 bits per heavy atom. The van der Waals surface area contributed by atoms with E-state index in [4.69, 9.17) is 5.73 Å². The van der Waals surface area contributed by atoms with Crippen LogP contribution in [0.2, 0.25) is 0 Å². The van der Waals surface area contributed by atoms with Crippen LogP contribution < -0.4 is 5.73 Å². The molecule has 1 aliphatic carbocycles. The van der Waals surface area contributed by atoms with E-state index >= 15 is 0 Å². The van der Waals surface area contributed by atoms with Gasteiger partial charge in [0.25, 0.3) is 0 Å². The fourth-order valence-electron chi connectivity index (χ4n) is 3.74. The molecule has 1 saturated carbocycles. The van der Waals surface area contributed by atoms with Crippen molar-refractivity contribution in [2.75, 3.05) is 13.6 Å². The monoisotopic (exact) mass is 274 g/mol. The van der Waals surface area contributed by atoms with Gasteiger partial charge in [-0.3, -0.25) is 4.90 Å². The molecule has 0 saturated heterocycles. The van der Waals surface area contributed by atoms with Crippen LogP contribution in [-0.4, -0.2) is 30.6 Å². The Morgan fingerprint density at radius 1 is 1.25 bits per heavy atom. The number of hydrogen-bond acceptors (Lipinski definition) is 2. The molecule has 1 aromatic rings. The minimum atomic E-state index is 0.438. The highest BCUT2D eigenvalue weighted by Gasteiger charge is 2.29. The zero-order chi connectivity index (χ0) is 14.5. The topological polar surface area (TPSA) is 29.3 Å². The zero-order valence-corrected chi connectivity index (χ0v) is 13.3. The van der Waals surface area contributed by atoms with Crippen LogP contribution in [0.15, 0.2) is 30.3 Å². The third-order valence-electron chi connectivity index (χ3n) is 5.15. The van der Waals surface area contributed by atoms with Crippen LogP contribution in [0, 0.1) is 5.92 Å². The second kappa shape index (κ2) is 7.24. The first kappa shape index (κ1) is 15.5. The molecule has 1 aromatic carbocycles. The summed E-state index contributed by atoms with van der Waals surface area (Å²) >= 11 is 0. The number of nitrogens with two attached hydrogens (primary N) is 1. The van der Waals surface area contributed by atoms with Gasteiger partial charge in [-0.2, -0.15) is 0 Å². The molecule has 0 radical (unpaired) electrons. The Kier molecular flexibility index (Phi) is 5.62. The number of rotatable bonds is 5. The van der Waals surface area contributed by atoms with Gasteiger partial charge in [-0.15, -0.1) is 0 Å². The molecule has 0 amide bonds. The summed E-state index contributed by atoms with van der Waals surface area (Å²) < 4.78 is 0. The SMILES string of the molecule is CC1CCCC(N(C)C(CN)C(C)c2ccccc2)C1. The standard InChI is InChI=1S/C18H30N2/c1-14-8-7-11-17(12-14)20(3)18(13-19)15(2)16-9-5-4-6-10-16/h4-6,9-10,14-15,17-18H,7-8,11-13,19H2,1-3H3. The van der Waals surface area contributed by atoms with Crippen molar-refractivity contribution in [3.05, 3.63) is 35.9 Å². The van der Waals surface area contributed by atoms with Crippen molar-refractivity contribution >= 4 is 0 Å². The third kappa shape index (κ3) is 3.62. The molecular formula is C18H30N2. The number of hydrogen-bond donors (Lipinski definition) is 1. The van der Waals surface area contributed by atoms with Gasteiger partial charge in [-0.1, -0.05) is 57.0 Å². The first-order chi connectivity index (χ1) is 9.63. The molecule has 4 atom stereocenters. The molecule has 2 N–H and O–H groups in total. The maximum Gasteiger partial charge on any atom is 0.0284 e. The molecule has 2 rings (SSSR count). The van der Waals surface area contributed by atoms with Crippen LogP contribution >= 0.6 is 0 Å². The van der Waals surface area contributed by atoms with Gasteiger partial charge < -0.3 is 5.73 Å². The fourth-order valence-corrected chi connectivity index (χ4v) is 3.74. The summed E-state index contributed by atoms with van der Waals surface area (Å²) in [5.41, 5.74) is 7.51. The van der Waals surface area contributed by atoms with Crippen molar-refractivity contribution in [1.29, 1.82) is 0 Å². The van der Waals surface area contributed by atoms with Crippen molar-refractivity contribution in [1.82, 2.24) is 4.90 Å². The van der Waals surface area contributed by atoms with E-state index in [9.17, 15) is 0 Å². The van der Waals surface area contributed by atoms with Crippen LogP contribution in [0.25, 0.3) is 0 Å². The average molecular weight is 274 g/mol. The second-order valence-corrected chi connectivity index (χ2v) is 6.59. The quantitative estimate of drug-likeness (QED) is 0.888. The average Bonchev–Trinajstić information content (AvgIpc) is 2.48. The first-order valence-electron chi connectivity index (χ1n) is 8.10. The lowest BCUT2D eigenvalue weighted by atomic mass is 9.84. The summed E-state index contributed by atoms with van der Waals surface area (Å²) in [4.78, 5) is 2.56. The van der Waals surface area contributed by atoms with E-state index in [-0.39, 0.29) is 0 Å². The summed E-state index contributed by atoms with van der Waals surface area (Å²) in [6.07, 6.45) is 5.42. The maximum absolute atomic E-state index is 6.11. The van der Waals surface area contributed by atoms with Crippen molar-refractivity contribution in [3.8, 4) is 0 Å². The molecule has 4 unspecified atom stereocenters. The highest BCUT2D eigenvalue weighted by Crippen LogP contribution is 2.30. The Bertz CT molecular complexity index is 390. The zero-order valence-electron chi connectivity index (χ0n) is 13.3. The van der Waals surface area contributed by atoms with Gasteiger partial charge in [0.1, 0.15) is 0 Å². The van der Waals surface area contributed by atoms with E-state index in [1.807, 2.05) is 0 Å². The van der Waals surface area contributed by atoms with Gasteiger partial charge in [0.2, 0.25) is 0 Å². The van der Waals surface area contributed by atoms with Crippen LogP contribution in [0.4, 0.5) is 0 Å². The molecule has 0 bridgehead atoms. The minimum absolute atomic E-state index is 0.438. The molecule has 1 fully saturated rings. The minimum Gasteiger partial charge on any atom is -0.329 e. The van der Waals surface area contributed by atoms with Crippen LogP contribution in [0.5, 0.6) is 0 Å². The first-order valence-corrected chi connectivity index (χ1v) is 8.10. The van der Waals surface area contributed by atoms with Gasteiger partial charge in [0.15, 0.2) is 0 Å². The second-order valence-electron chi connectivity index (χ2n) is 6.59. The van der Waals surface area contributed by atoms with E-state index in [1.54, 1.807) is 0 Å². The Morgan fingerprint density at radius 3 is 2.55 bits per heavy atom. The smallest absolute Gasteiger partial charge is 0.0284 e. The number of likely N-dealkylation sites (N-methyl/N-ethyl adjacent to an activating group) is 1. The molecule has 0 aromatic heterocycles. The fraction of sp³-hybridized carbons (Fsp3) is 0.667. The summed E-state index contributed by atoms with van der Waals surface area (Å²) in [6, 6.07) is 11.9. The van der Waals surface area contributed by atoms with E-state index < -0.39 is 0 Å². The van der Waals surface area contributed by atoms with Gasteiger partial charge in [-0.25, -0.2) is 0 Å².